The summed E-state index contributed by atoms with van der Waals surface area (Å²) in [6.45, 7) is 11.9. The first-order valence-corrected chi connectivity index (χ1v) is 15.1. The highest BCUT2D eigenvalue weighted by molar-refractivity contribution is 7.98. The van der Waals surface area contributed by atoms with Crippen molar-refractivity contribution in [3.8, 4) is 0 Å². The summed E-state index contributed by atoms with van der Waals surface area (Å²) in [6, 6.07) is 13.0. The van der Waals surface area contributed by atoms with Gasteiger partial charge >= 0.3 is 0 Å². The molecule has 4 rings (SSSR count). The molecule has 0 aliphatic carbocycles. The maximum absolute atomic E-state index is 14.1. The molecule has 0 spiro atoms. The molecule has 2 amide bonds. The summed E-state index contributed by atoms with van der Waals surface area (Å²) in [4.78, 5) is 40.8. The Bertz CT molecular complexity index is 1500. The van der Waals surface area contributed by atoms with Gasteiger partial charge in [-0.2, -0.15) is 5.10 Å². The molecule has 224 valence electrons. The number of hydrogen-bond acceptors (Lipinski definition) is 6. The van der Waals surface area contributed by atoms with Crippen LogP contribution in [0, 0.1) is 19.7 Å². The van der Waals surface area contributed by atoms with Gasteiger partial charge in [0.05, 0.1) is 18.3 Å². The number of nitrogens with one attached hydrogen (secondary N) is 3. The summed E-state index contributed by atoms with van der Waals surface area (Å²) in [5, 5.41) is 9.21. The molecular formula is C32H40FN5O3S. The minimum absolute atomic E-state index is 0.00170. The minimum atomic E-state index is -0.358. The van der Waals surface area contributed by atoms with E-state index in [0.29, 0.717) is 24.0 Å². The molecule has 3 atom stereocenters. The topological polar surface area (TPSA) is 107 Å². The van der Waals surface area contributed by atoms with Gasteiger partial charge < -0.3 is 10.2 Å². The number of rotatable bonds is 9. The van der Waals surface area contributed by atoms with E-state index in [9.17, 15) is 18.8 Å². The van der Waals surface area contributed by atoms with Crippen LogP contribution in [0.1, 0.15) is 84.9 Å². The van der Waals surface area contributed by atoms with Crippen molar-refractivity contribution < 1.29 is 14.0 Å². The zero-order valence-electron chi connectivity index (χ0n) is 25.1. The maximum atomic E-state index is 14.1. The predicted molar refractivity (Wildman–Crippen MR) is 165 cm³/mol. The molecule has 0 unspecified atom stereocenters. The molecule has 8 nitrogen and oxygen atoms in total. The SMILES string of the molecule is Cc1cc(Cc2ccc(C(=O)NCC(=O)N3[C@@H]([C@H](C)NSC(C)(C)C)CC[C@H]3c3cccc(F)c3)cc2C)c(=O)[nH]n1. The number of benzene rings is 2. The van der Waals surface area contributed by atoms with Crippen molar-refractivity contribution in [1.82, 2.24) is 25.1 Å². The number of aromatic nitrogens is 2. The van der Waals surface area contributed by atoms with Crippen LogP contribution < -0.4 is 15.6 Å². The fourth-order valence-electron chi connectivity index (χ4n) is 5.36. The van der Waals surface area contributed by atoms with Crippen molar-refractivity contribution in [2.24, 2.45) is 0 Å². The first kappa shape index (κ1) is 31.4. The van der Waals surface area contributed by atoms with E-state index >= 15 is 0 Å². The number of carbonyl (C=O) groups is 2. The van der Waals surface area contributed by atoms with Gasteiger partial charge in [0.2, 0.25) is 5.91 Å². The molecule has 3 N–H and O–H groups in total. The fourth-order valence-corrected chi connectivity index (χ4v) is 6.06. The molecule has 2 aromatic carbocycles. The van der Waals surface area contributed by atoms with Gasteiger partial charge in [0.1, 0.15) is 5.82 Å². The molecule has 0 saturated carbocycles. The lowest BCUT2D eigenvalue weighted by atomic mass is 9.99. The molecule has 42 heavy (non-hydrogen) atoms. The van der Waals surface area contributed by atoms with Gasteiger partial charge in [-0.3, -0.25) is 19.1 Å². The quantitative estimate of drug-likeness (QED) is 0.302. The predicted octanol–water partition coefficient (Wildman–Crippen LogP) is 5.00. The van der Waals surface area contributed by atoms with Crippen molar-refractivity contribution in [1.29, 1.82) is 0 Å². The first-order chi connectivity index (χ1) is 19.8. The number of aryl methyl sites for hydroxylation is 2. The van der Waals surface area contributed by atoms with Gasteiger partial charge in [-0.25, -0.2) is 9.49 Å². The summed E-state index contributed by atoms with van der Waals surface area (Å²) in [5.74, 6) is -0.910. The highest BCUT2D eigenvalue weighted by atomic mass is 32.2. The van der Waals surface area contributed by atoms with Crippen LogP contribution in [0.3, 0.4) is 0 Å². The summed E-state index contributed by atoms with van der Waals surface area (Å²) in [5.41, 5.74) is 4.06. The Morgan fingerprint density at radius 3 is 2.57 bits per heavy atom. The first-order valence-electron chi connectivity index (χ1n) is 14.3. The average molecular weight is 594 g/mol. The lowest BCUT2D eigenvalue weighted by Gasteiger charge is -2.35. The lowest BCUT2D eigenvalue weighted by molar-refractivity contribution is -0.133. The summed E-state index contributed by atoms with van der Waals surface area (Å²) in [6.07, 6.45) is 1.89. The van der Waals surface area contributed by atoms with Crippen LogP contribution in [0.15, 0.2) is 53.3 Å². The monoisotopic (exact) mass is 593 g/mol. The van der Waals surface area contributed by atoms with Crippen molar-refractivity contribution >= 4 is 23.8 Å². The lowest BCUT2D eigenvalue weighted by Crippen LogP contribution is -2.50. The van der Waals surface area contributed by atoms with Crippen molar-refractivity contribution in [3.63, 3.8) is 0 Å². The Kier molecular flexibility index (Phi) is 9.89. The number of H-pyrrole nitrogens is 1. The van der Waals surface area contributed by atoms with E-state index in [0.717, 1.165) is 28.8 Å². The molecular weight excluding hydrogens is 553 g/mol. The molecule has 1 saturated heterocycles. The van der Waals surface area contributed by atoms with E-state index in [1.807, 2.05) is 30.9 Å². The number of halogens is 1. The zero-order chi connectivity index (χ0) is 30.6. The van der Waals surface area contributed by atoms with Crippen LogP contribution >= 0.6 is 11.9 Å². The van der Waals surface area contributed by atoms with Crippen LogP contribution in [0.25, 0.3) is 0 Å². The Morgan fingerprint density at radius 1 is 1.12 bits per heavy atom. The third kappa shape index (κ3) is 7.86. The summed E-state index contributed by atoms with van der Waals surface area (Å²) >= 11 is 1.62. The van der Waals surface area contributed by atoms with E-state index in [2.05, 4.69) is 47.9 Å². The van der Waals surface area contributed by atoms with E-state index in [1.165, 1.54) is 12.1 Å². The number of aromatic amines is 1. The van der Waals surface area contributed by atoms with Crippen LogP contribution in [0.5, 0.6) is 0 Å². The third-order valence-electron chi connectivity index (χ3n) is 7.47. The van der Waals surface area contributed by atoms with E-state index < -0.39 is 0 Å². The fraction of sp³-hybridized carbons (Fsp3) is 0.438. The smallest absolute Gasteiger partial charge is 0.267 e. The van der Waals surface area contributed by atoms with Gasteiger partial charge in [-0.1, -0.05) is 30.1 Å². The molecule has 1 aromatic heterocycles. The van der Waals surface area contributed by atoms with Gasteiger partial charge in [-0.05, 0) is 101 Å². The Balaban J connectivity index is 1.47. The number of amides is 2. The molecule has 2 heterocycles. The molecule has 1 aliphatic heterocycles. The zero-order valence-corrected chi connectivity index (χ0v) is 25.9. The molecule has 10 heteroatoms. The number of likely N-dealkylation sites (tertiary alicyclic amines) is 1. The van der Waals surface area contributed by atoms with E-state index in [4.69, 9.17) is 0 Å². The molecule has 3 aromatic rings. The average Bonchev–Trinajstić information content (AvgIpc) is 3.38. The number of nitrogens with zero attached hydrogens (tertiary/aromatic N) is 2. The van der Waals surface area contributed by atoms with E-state index in [1.54, 1.807) is 36.2 Å². The third-order valence-corrected chi connectivity index (χ3v) is 8.57. The van der Waals surface area contributed by atoms with Crippen LogP contribution in [0.2, 0.25) is 0 Å². The normalized spacial score (nSPS) is 17.7. The summed E-state index contributed by atoms with van der Waals surface area (Å²) in [7, 11) is 0. The second kappa shape index (κ2) is 13.2. The Hall–Kier alpha value is -3.50. The van der Waals surface area contributed by atoms with Crippen molar-refractivity contribution in [2.75, 3.05) is 6.54 Å². The summed E-state index contributed by atoms with van der Waals surface area (Å²) < 4.78 is 17.6. The van der Waals surface area contributed by atoms with Crippen LogP contribution in [-0.4, -0.2) is 50.3 Å². The Labute approximate surface area is 251 Å². The van der Waals surface area contributed by atoms with Gasteiger partial charge in [0.25, 0.3) is 11.5 Å². The highest BCUT2D eigenvalue weighted by Crippen LogP contribution is 2.38. The van der Waals surface area contributed by atoms with E-state index in [-0.39, 0.29) is 52.6 Å². The molecule has 0 radical (unpaired) electrons. The second-order valence-corrected chi connectivity index (χ2v) is 13.7. The van der Waals surface area contributed by atoms with Gasteiger partial charge in [-0.15, -0.1) is 0 Å². The van der Waals surface area contributed by atoms with Crippen LogP contribution in [-0.2, 0) is 11.2 Å². The number of carbonyl (C=O) groups excluding carboxylic acids is 2. The second-order valence-electron chi connectivity index (χ2n) is 12.0. The number of hydrogen-bond donors (Lipinski definition) is 3. The molecule has 1 aliphatic rings. The van der Waals surface area contributed by atoms with Gasteiger partial charge in [0, 0.05) is 34.4 Å². The highest BCUT2D eigenvalue weighted by Gasteiger charge is 2.40. The van der Waals surface area contributed by atoms with Crippen LogP contribution in [0.4, 0.5) is 4.39 Å². The maximum Gasteiger partial charge on any atom is 0.267 e. The minimum Gasteiger partial charge on any atom is -0.343 e. The van der Waals surface area contributed by atoms with Gasteiger partial charge in [0.15, 0.2) is 0 Å². The standard InChI is InChI=1S/C32H40FN5O3S/c1-19-14-24(11-10-22(19)16-25-15-20(2)35-36-31(25)41)30(40)34-18-29(39)38-27(21(3)37-42-32(4,5)6)12-13-28(38)23-8-7-9-26(33)17-23/h7-11,14-15,17,21,27-28,37H,12-13,16,18H2,1-6H3,(H,34,40)(H,36,41)/t21-,27+,28-/m0/s1. The molecule has 1 fully saturated rings. The Morgan fingerprint density at radius 2 is 1.88 bits per heavy atom. The van der Waals surface area contributed by atoms with Crippen molar-refractivity contribution in [3.05, 3.63) is 98.2 Å². The van der Waals surface area contributed by atoms with Crippen molar-refractivity contribution in [2.45, 2.75) is 83.7 Å². The largest absolute Gasteiger partial charge is 0.343 e. The molecule has 0 bridgehead atoms.